The lowest BCUT2D eigenvalue weighted by atomic mass is 10.1. The molecule has 0 atom stereocenters. The van der Waals surface area contributed by atoms with Crippen molar-refractivity contribution < 1.29 is 4.92 Å². The molecule has 1 aromatic rings. The van der Waals surface area contributed by atoms with E-state index in [0.29, 0.717) is 5.56 Å². The second-order valence-corrected chi connectivity index (χ2v) is 2.88. The van der Waals surface area contributed by atoms with Crippen LogP contribution in [0.25, 0.3) is 0 Å². The highest BCUT2D eigenvalue weighted by Gasteiger charge is 2.12. The quantitative estimate of drug-likeness (QED) is 0.512. The number of rotatable bonds is 1. The summed E-state index contributed by atoms with van der Waals surface area (Å²) in [4.78, 5) is 9.79. The molecular formula is C8H5ClN2O2. The van der Waals surface area contributed by atoms with E-state index >= 15 is 0 Å². The van der Waals surface area contributed by atoms with Crippen LogP contribution in [0.5, 0.6) is 0 Å². The summed E-state index contributed by atoms with van der Waals surface area (Å²) in [5.41, 5.74) is 0.640. The van der Waals surface area contributed by atoms with E-state index in [0.717, 1.165) is 0 Å². The smallest absolute Gasteiger partial charge is 0.258 e. The number of halogens is 1. The van der Waals surface area contributed by atoms with E-state index in [1.807, 2.05) is 6.07 Å². The molecule has 0 aromatic heterocycles. The standard InChI is InChI=1S/C8H5ClN2O2/c1-5-6(4-10)2-7(11(12)13)3-8(5)9/h2-3H,1H3. The summed E-state index contributed by atoms with van der Waals surface area (Å²) in [6.07, 6.45) is 0. The van der Waals surface area contributed by atoms with Crippen LogP contribution in [-0.4, -0.2) is 4.92 Å². The van der Waals surface area contributed by atoms with Crippen LogP contribution in [0.3, 0.4) is 0 Å². The minimum absolute atomic E-state index is 0.160. The van der Waals surface area contributed by atoms with Crippen LogP contribution >= 0.6 is 11.6 Å². The van der Waals surface area contributed by atoms with Gasteiger partial charge in [0.2, 0.25) is 0 Å². The number of hydrogen-bond donors (Lipinski definition) is 0. The summed E-state index contributed by atoms with van der Waals surface area (Å²) in [7, 11) is 0. The minimum Gasteiger partial charge on any atom is -0.258 e. The van der Waals surface area contributed by atoms with Gasteiger partial charge in [0, 0.05) is 12.1 Å². The first-order chi connectivity index (χ1) is 6.06. The number of benzene rings is 1. The van der Waals surface area contributed by atoms with Crippen LogP contribution in [-0.2, 0) is 0 Å². The minimum atomic E-state index is -0.577. The summed E-state index contributed by atoms with van der Waals surface area (Å²) in [5.74, 6) is 0. The maximum atomic E-state index is 10.4. The average Bonchev–Trinajstić information content (AvgIpc) is 2.09. The fourth-order valence-electron chi connectivity index (χ4n) is 0.886. The Morgan fingerprint density at radius 1 is 1.62 bits per heavy atom. The molecule has 1 aromatic carbocycles. The van der Waals surface area contributed by atoms with Gasteiger partial charge >= 0.3 is 0 Å². The van der Waals surface area contributed by atoms with Gasteiger partial charge < -0.3 is 0 Å². The molecule has 0 bridgehead atoms. The third-order valence-electron chi connectivity index (χ3n) is 1.66. The third kappa shape index (κ3) is 1.76. The Hall–Kier alpha value is -1.60. The first-order valence-electron chi connectivity index (χ1n) is 3.41. The Morgan fingerprint density at radius 3 is 2.69 bits per heavy atom. The van der Waals surface area contributed by atoms with Crippen molar-refractivity contribution in [2.24, 2.45) is 0 Å². The topological polar surface area (TPSA) is 66.9 Å². The first kappa shape index (κ1) is 9.49. The van der Waals surface area contributed by atoms with Crippen LogP contribution in [0.15, 0.2) is 12.1 Å². The molecule has 0 saturated carbocycles. The maximum Gasteiger partial charge on any atom is 0.272 e. The largest absolute Gasteiger partial charge is 0.272 e. The van der Waals surface area contributed by atoms with Crippen LogP contribution < -0.4 is 0 Å². The highest BCUT2D eigenvalue weighted by atomic mass is 35.5. The van der Waals surface area contributed by atoms with Gasteiger partial charge in [-0.25, -0.2) is 0 Å². The lowest BCUT2D eigenvalue weighted by Crippen LogP contribution is -1.91. The summed E-state index contributed by atoms with van der Waals surface area (Å²) >= 11 is 5.69. The molecule has 0 radical (unpaired) electrons. The summed E-state index contributed by atoms with van der Waals surface area (Å²) in [6.45, 7) is 1.64. The van der Waals surface area contributed by atoms with E-state index in [1.54, 1.807) is 6.92 Å². The van der Waals surface area contributed by atoms with Crippen LogP contribution in [0, 0.1) is 28.4 Å². The Bertz CT molecular complexity index is 409. The van der Waals surface area contributed by atoms with Gasteiger partial charge in [-0.3, -0.25) is 10.1 Å². The highest BCUT2D eigenvalue weighted by Crippen LogP contribution is 2.25. The zero-order valence-electron chi connectivity index (χ0n) is 6.74. The number of nitriles is 1. The van der Waals surface area contributed by atoms with Gasteiger partial charge in [-0.05, 0) is 12.5 Å². The van der Waals surface area contributed by atoms with Crippen molar-refractivity contribution in [2.75, 3.05) is 0 Å². The van der Waals surface area contributed by atoms with Crippen LogP contribution in [0.1, 0.15) is 11.1 Å². The molecule has 0 aliphatic carbocycles. The molecule has 0 saturated heterocycles. The Labute approximate surface area is 79.5 Å². The van der Waals surface area contributed by atoms with Gasteiger partial charge in [-0.15, -0.1) is 0 Å². The summed E-state index contributed by atoms with van der Waals surface area (Å²) < 4.78 is 0. The second-order valence-electron chi connectivity index (χ2n) is 2.47. The molecular weight excluding hydrogens is 192 g/mol. The molecule has 66 valence electrons. The van der Waals surface area contributed by atoms with Gasteiger partial charge in [0.15, 0.2) is 0 Å². The first-order valence-corrected chi connectivity index (χ1v) is 3.78. The van der Waals surface area contributed by atoms with E-state index in [4.69, 9.17) is 16.9 Å². The van der Waals surface area contributed by atoms with Gasteiger partial charge in [-0.2, -0.15) is 5.26 Å². The molecule has 0 heterocycles. The average molecular weight is 197 g/mol. The number of nitro benzene ring substituents is 1. The predicted molar refractivity (Wildman–Crippen MR) is 47.6 cm³/mol. The van der Waals surface area contributed by atoms with E-state index < -0.39 is 4.92 Å². The van der Waals surface area contributed by atoms with E-state index in [-0.39, 0.29) is 16.3 Å². The van der Waals surface area contributed by atoms with Crippen molar-refractivity contribution in [3.63, 3.8) is 0 Å². The molecule has 4 nitrogen and oxygen atoms in total. The number of nitro groups is 1. The molecule has 5 heteroatoms. The lowest BCUT2D eigenvalue weighted by molar-refractivity contribution is -0.384. The number of non-ortho nitro benzene ring substituents is 1. The molecule has 0 fully saturated rings. The fraction of sp³-hybridized carbons (Fsp3) is 0.125. The highest BCUT2D eigenvalue weighted by molar-refractivity contribution is 6.31. The fourth-order valence-corrected chi connectivity index (χ4v) is 1.10. The van der Waals surface area contributed by atoms with Gasteiger partial charge in [0.05, 0.1) is 21.6 Å². The maximum absolute atomic E-state index is 10.4. The normalized spacial score (nSPS) is 9.31. The van der Waals surface area contributed by atoms with E-state index in [9.17, 15) is 10.1 Å². The van der Waals surface area contributed by atoms with Crippen molar-refractivity contribution in [3.05, 3.63) is 38.4 Å². The number of nitrogens with zero attached hydrogens (tertiary/aromatic N) is 2. The zero-order valence-corrected chi connectivity index (χ0v) is 7.50. The second kappa shape index (κ2) is 3.42. The Balaban J connectivity index is 3.41. The third-order valence-corrected chi connectivity index (χ3v) is 2.05. The SMILES string of the molecule is Cc1c(Cl)cc([N+](=O)[O-])cc1C#N. The molecule has 0 spiro atoms. The summed E-state index contributed by atoms with van der Waals surface area (Å²) in [5, 5.41) is 19.2. The lowest BCUT2D eigenvalue weighted by Gasteiger charge is -1.99. The molecule has 0 aliphatic heterocycles. The zero-order chi connectivity index (χ0) is 10.0. The van der Waals surface area contributed by atoms with Crippen molar-refractivity contribution in [1.29, 1.82) is 5.26 Å². The molecule has 0 N–H and O–H groups in total. The predicted octanol–water partition coefficient (Wildman–Crippen LogP) is 2.43. The van der Waals surface area contributed by atoms with Crippen molar-refractivity contribution in [2.45, 2.75) is 6.92 Å². The number of hydrogen-bond acceptors (Lipinski definition) is 3. The Kier molecular flexibility index (Phi) is 2.49. The van der Waals surface area contributed by atoms with E-state index in [2.05, 4.69) is 0 Å². The molecule has 1 rings (SSSR count). The molecule has 0 unspecified atom stereocenters. The Morgan fingerprint density at radius 2 is 2.23 bits per heavy atom. The monoisotopic (exact) mass is 196 g/mol. The van der Waals surface area contributed by atoms with Crippen molar-refractivity contribution in [1.82, 2.24) is 0 Å². The van der Waals surface area contributed by atoms with Gasteiger partial charge in [-0.1, -0.05) is 11.6 Å². The molecule has 0 amide bonds. The molecule has 0 aliphatic rings. The van der Waals surface area contributed by atoms with E-state index in [1.165, 1.54) is 12.1 Å². The van der Waals surface area contributed by atoms with Gasteiger partial charge in [0.1, 0.15) is 0 Å². The van der Waals surface area contributed by atoms with Crippen LogP contribution in [0.4, 0.5) is 5.69 Å². The van der Waals surface area contributed by atoms with Gasteiger partial charge in [0.25, 0.3) is 5.69 Å². The van der Waals surface area contributed by atoms with Crippen molar-refractivity contribution in [3.8, 4) is 6.07 Å². The van der Waals surface area contributed by atoms with Crippen molar-refractivity contribution >= 4 is 17.3 Å². The van der Waals surface area contributed by atoms with Crippen LogP contribution in [0.2, 0.25) is 5.02 Å². The summed E-state index contributed by atoms with van der Waals surface area (Å²) in [6, 6.07) is 4.29. The molecule has 13 heavy (non-hydrogen) atoms.